The molecule has 31 heavy (non-hydrogen) atoms. The van der Waals surface area contributed by atoms with Gasteiger partial charge in [-0.2, -0.15) is 0 Å². The third-order valence-electron chi connectivity index (χ3n) is 4.01. The maximum atomic E-state index is 12.4. The molecule has 0 aliphatic rings. The standard InChI is InChI=1S/C21H15ClF3NO5/c1-28-19-14(4-3-9-26-19)15-10-12(20(27)29-2)5-7-17(15)30-13-6-8-18(16(22)11-13)31-21(23,24)25/h3-11H,1-2H3. The molecule has 3 aromatic rings. The average molecular weight is 454 g/mol. The molecule has 0 radical (unpaired) electrons. The molecule has 0 atom stereocenters. The van der Waals surface area contributed by atoms with Gasteiger partial charge in [0, 0.05) is 23.4 Å². The number of nitrogens with zero attached hydrogens (tertiary/aromatic N) is 1. The number of alkyl halides is 3. The predicted octanol–water partition coefficient (Wildman–Crippen LogP) is 5.89. The van der Waals surface area contributed by atoms with Gasteiger partial charge in [-0.15, -0.1) is 13.2 Å². The molecule has 162 valence electrons. The highest BCUT2D eigenvalue weighted by atomic mass is 35.5. The highest BCUT2D eigenvalue weighted by Gasteiger charge is 2.32. The van der Waals surface area contributed by atoms with Crippen molar-refractivity contribution in [3.8, 4) is 34.3 Å². The zero-order valence-electron chi connectivity index (χ0n) is 16.2. The van der Waals surface area contributed by atoms with Gasteiger partial charge >= 0.3 is 12.3 Å². The van der Waals surface area contributed by atoms with E-state index in [1.165, 1.54) is 50.7 Å². The second-order valence-corrected chi connectivity index (χ2v) is 6.41. The van der Waals surface area contributed by atoms with Crippen molar-refractivity contribution in [1.29, 1.82) is 0 Å². The fraction of sp³-hybridized carbons (Fsp3) is 0.143. The van der Waals surface area contributed by atoms with E-state index in [4.69, 9.17) is 25.8 Å². The molecule has 0 saturated carbocycles. The minimum atomic E-state index is -4.88. The number of carbonyl (C=O) groups is 1. The molecular formula is C21H15ClF3NO5. The molecule has 0 saturated heterocycles. The van der Waals surface area contributed by atoms with Crippen molar-refractivity contribution in [3.05, 3.63) is 65.3 Å². The molecule has 0 fully saturated rings. The topological polar surface area (TPSA) is 66.9 Å². The van der Waals surface area contributed by atoms with Crippen LogP contribution in [0.1, 0.15) is 10.4 Å². The Balaban J connectivity index is 2.03. The van der Waals surface area contributed by atoms with E-state index in [-0.39, 0.29) is 28.0 Å². The van der Waals surface area contributed by atoms with Crippen molar-refractivity contribution in [2.45, 2.75) is 6.36 Å². The summed E-state index contributed by atoms with van der Waals surface area (Å²) in [7, 11) is 2.69. The van der Waals surface area contributed by atoms with E-state index in [2.05, 4.69) is 9.72 Å². The first-order valence-electron chi connectivity index (χ1n) is 8.66. The first kappa shape index (κ1) is 22.2. The normalized spacial score (nSPS) is 11.0. The maximum Gasteiger partial charge on any atom is 0.573 e. The molecule has 1 aromatic heterocycles. The molecule has 0 N–H and O–H groups in total. The Morgan fingerprint density at radius 2 is 1.74 bits per heavy atom. The van der Waals surface area contributed by atoms with E-state index in [1.54, 1.807) is 12.1 Å². The van der Waals surface area contributed by atoms with Crippen LogP contribution in [0.3, 0.4) is 0 Å². The summed E-state index contributed by atoms with van der Waals surface area (Å²) >= 11 is 5.90. The van der Waals surface area contributed by atoms with Crippen LogP contribution in [0.4, 0.5) is 13.2 Å². The molecule has 1 heterocycles. The van der Waals surface area contributed by atoms with E-state index < -0.39 is 18.1 Å². The van der Waals surface area contributed by atoms with Gasteiger partial charge in [-0.3, -0.25) is 0 Å². The summed E-state index contributed by atoms with van der Waals surface area (Å²) in [5, 5.41) is -0.290. The number of rotatable bonds is 6. The van der Waals surface area contributed by atoms with Gasteiger partial charge in [-0.1, -0.05) is 11.6 Å². The first-order chi connectivity index (χ1) is 14.7. The summed E-state index contributed by atoms with van der Waals surface area (Å²) < 4.78 is 57.1. The molecule has 3 rings (SSSR count). The number of pyridine rings is 1. The lowest BCUT2D eigenvalue weighted by molar-refractivity contribution is -0.274. The first-order valence-corrected chi connectivity index (χ1v) is 9.04. The van der Waals surface area contributed by atoms with Crippen molar-refractivity contribution >= 4 is 17.6 Å². The lowest BCUT2D eigenvalue weighted by Crippen LogP contribution is -2.17. The van der Waals surface area contributed by atoms with Gasteiger partial charge in [0.2, 0.25) is 5.88 Å². The van der Waals surface area contributed by atoms with Crippen LogP contribution >= 0.6 is 11.6 Å². The molecule has 0 unspecified atom stereocenters. The number of hydrogen-bond donors (Lipinski definition) is 0. The summed E-state index contributed by atoms with van der Waals surface area (Å²) in [5.41, 5.74) is 1.22. The zero-order valence-corrected chi connectivity index (χ0v) is 17.0. The highest BCUT2D eigenvalue weighted by Crippen LogP contribution is 2.40. The fourth-order valence-corrected chi connectivity index (χ4v) is 2.92. The third-order valence-corrected chi connectivity index (χ3v) is 4.31. The molecule has 6 nitrogen and oxygen atoms in total. The van der Waals surface area contributed by atoms with E-state index in [1.807, 2.05) is 0 Å². The second kappa shape index (κ2) is 9.13. The lowest BCUT2D eigenvalue weighted by Gasteiger charge is -2.15. The quantitative estimate of drug-likeness (QED) is 0.434. The Bertz CT molecular complexity index is 1100. The number of esters is 1. The molecule has 0 amide bonds. The lowest BCUT2D eigenvalue weighted by atomic mass is 10.0. The van der Waals surface area contributed by atoms with Crippen LogP contribution in [0.25, 0.3) is 11.1 Å². The number of benzene rings is 2. The van der Waals surface area contributed by atoms with Crippen LogP contribution in [0.2, 0.25) is 5.02 Å². The molecule has 0 spiro atoms. The van der Waals surface area contributed by atoms with E-state index in [0.717, 1.165) is 6.07 Å². The second-order valence-electron chi connectivity index (χ2n) is 6.00. The van der Waals surface area contributed by atoms with Gasteiger partial charge in [-0.25, -0.2) is 9.78 Å². The Morgan fingerprint density at radius 1 is 1.00 bits per heavy atom. The number of methoxy groups -OCH3 is 2. The molecule has 10 heteroatoms. The van der Waals surface area contributed by atoms with Gasteiger partial charge in [0.1, 0.15) is 17.2 Å². The molecule has 0 aliphatic heterocycles. The summed E-state index contributed by atoms with van der Waals surface area (Å²) in [6.07, 6.45) is -3.34. The minimum absolute atomic E-state index is 0.148. The van der Waals surface area contributed by atoms with E-state index in [9.17, 15) is 18.0 Å². The van der Waals surface area contributed by atoms with Crippen LogP contribution in [0.15, 0.2) is 54.7 Å². The SMILES string of the molecule is COC(=O)c1ccc(Oc2ccc(OC(F)(F)F)c(Cl)c2)c(-c2cccnc2OC)c1. The predicted molar refractivity (Wildman–Crippen MR) is 106 cm³/mol. The highest BCUT2D eigenvalue weighted by molar-refractivity contribution is 6.32. The number of aromatic nitrogens is 1. The van der Waals surface area contributed by atoms with Crippen LogP contribution < -0.4 is 14.2 Å². The Hall–Kier alpha value is -3.46. The summed E-state index contributed by atoms with van der Waals surface area (Å²) in [5.74, 6) is -0.417. The number of halogens is 4. The molecule has 2 aromatic carbocycles. The third kappa shape index (κ3) is 5.37. The van der Waals surface area contributed by atoms with Crippen LogP contribution in [0.5, 0.6) is 23.1 Å². The van der Waals surface area contributed by atoms with E-state index >= 15 is 0 Å². The van der Waals surface area contributed by atoms with Crippen molar-refractivity contribution in [3.63, 3.8) is 0 Å². The average Bonchev–Trinajstić information content (AvgIpc) is 2.74. The fourth-order valence-electron chi connectivity index (χ4n) is 2.71. The smallest absolute Gasteiger partial charge is 0.481 e. The molecule has 0 bridgehead atoms. The number of hydrogen-bond acceptors (Lipinski definition) is 6. The van der Waals surface area contributed by atoms with Gasteiger partial charge in [0.25, 0.3) is 0 Å². The van der Waals surface area contributed by atoms with Crippen LogP contribution in [0, 0.1) is 0 Å². The van der Waals surface area contributed by atoms with Crippen LogP contribution in [-0.4, -0.2) is 31.5 Å². The minimum Gasteiger partial charge on any atom is -0.481 e. The summed E-state index contributed by atoms with van der Waals surface area (Å²) in [4.78, 5) is 16.1. The van der Waals surface area contributed by atoms with Crippen molar-refractivity contribution in [2.75, 3.05) is 14.2 Å². The van der Waals surface area contributed by atoms with Gasteiger partial charge in [0.15, 0.2) is 0 Å². The molecule has 0 aliphatic carbocycles. The van der Waals surface area contributed by atoms with E-state index in [0.29, 0.717) is 11.1 Å². The van der Waals surface area contributed by atoms with Gasteiger partial charge in [0.05, 0.1) is 24.8 Å². The Kier molecular flexibility index (Phi) is 6.55. The van der Waals surface area contributed by atoms with Crippen LogP contribution in [-0.2, 0) is 4.74 Å². The Labute approximate surface area is 180 Å². The van der Waals surface area contributed by atoms with Crippen molar-refractivity contribution in [2.24, 2.45) is 0 Å². The monoisotopic (exact) mass is 453 g/mol. The summed E-state index contributed by atoms with van der Waals surface area (Å²) in [6, 6.07) is 11.4. The zero-order chi connectivity index (χ0) is 22.6. The maximum absolute atomic E-state index is 12.4. The van der Waals surface area contributed by atoms with Gasteiger partial charge in [-0.05, 0) is 42.5 Å². The summed E-state index contributed by atoms with van der Waals surface area (Å²) in [6.45, 7) is 0. The largest absolute Gasteiger partial charge is 0.573 e. The number of ether oxygens (including phenoxy) is 4. The Morgan fingerprint density at radius 3 is 2.39 bits per heavy atom. The van der Waals surface area contributed by atoms with Crippen molar-refractivity contribution < 1.29 is 36.9 Å². The molecular weight excluding hydrogens is 439 g/mol. The van der Waals surface area contributed by atoms with Gasteiger partial charge < -0.3 is 18.9 Å². The van der Waals surface area contributed by atoms with Crippen molar-refractivity contribution in [1.82, 2.24) is 4.98 Å². The number of carbonyl (C=O) groups excluding carboxylic acids is 1.